The summed E-state index contributed by atoms with van der Waals surface area (Å²) >= 11 is 0. The van der Waals surface area contributed by atoms with E-state index in [-0.39, 0.29) is 11.5 Å². The Morgan fingerprint density at radius 3 is 2.76 bits per heavy atom. The van der Waals surface area contributed by atoms with Crippen LogP contribution in [-0.2, 0) is 0 Å². The number of amides is 1. The van der Waals surface area contributed by atoms with Gasteiger partial charge in [0.15, 0.2) is 5.56 Å². The number of rotatable bonds is 2. The molecule has 1 amide bonds. The summed E-state index contributed by atoms with van der Waals surface area (Å²) in [5.41, 5.74) is -0.815. The summed E-state index contributed by atoms with van der Waals surface area (Å²) in [6, 6.07) is 9.82. The van der Waals surface area contributed by atoms with Gasteiger partial charge in [-0.1, -0.05) is 12.1 Å². The van der Waals surface area contributed by atoms with Gasteiger partial charge >= 0.3 is 0 Å². The Balaban J connectivity index is 2.08. The number of hydrogen-bond acceptors (Lipinski definition) is 5. The summed E-state index contributed by atoms with van der Waals surface area (Å²) < 4.78 is 1.19. The third kappa shape index (κ3) is 2.32. The number of nitrogens with one attached hydrogen (secondary N) is 1. The van der Waals surface area contributed by atoms with Crippen molar-refractivity contribution >= 4 is 17.4 Å². The molecule has 0 bridgehead atoms. The van der Waals surface area contributed by atoms with E-state index in [2.05, 4.69) is 15.3 Å². The van der Waals surface area contributed by atoms with Crippen molar-refractivity contribution in [3.05, 3.63) is 64.7 Å². The minimum Gasteiger partial charge on any atom is -0.493 e. The Morgan fingerprint density at radius 2 is 2.00 bits per heavy atom. The van der Waals surface area contributed by atoms with Crippen molar-refractivity contribution in [2.24, 2.45) is 0 Å². The van der Waals surface area contributed by atoms with Crippen molar-refractivity contribution in [2.45, 2.75) is 0 Å². The maximum Gasteiger partial charge on any atom is 0.274 e. The monoisotopic (exact) mass is 282 g/mol. The Hall–Kier alpha value is -3.22. The zero-order valence-corrected chi connectivity index (χ0v) is 10.7. The second-order valence-corrected chi connectivity index (χ2v) is 4.21. The smallest absolute Gasteiger partial charge is 0.274 e. The van der Waals surface area contributed by atoms with E-state index >= 15 is 0 Å². The second kappa shape index (κ2) is 5.04. The van der Waals surface area contributed by atoms with Gasteiger partial charge in [-0.15, -0.1) is 0 Å². The van der Waals surface area contributed by atoms with E-state index in [1.807, 2.05) is 0 Å². The van der Waals surface area contributed by atoms with Crippen LogP contribution in [0, 0.1) is 0 Å². The normalized spacial score (nSPS) is 10.5. The first kappa shape index (κ1) is 12.8. The minimum atomic E-state index is -0.762. The molecule has 0 saturated carbocycles. The summed E-state index contributed by atoms with van der Waals surface area (Å²) in [5, 5.41) is 12.3. The molecule has 3 aromatic heterocycles. The van der Waals surface area contributed by atoms with Crippen molar-refractivity contribution in [1.82, 2.24) is 14.4 Å². The zero-order valence-electron chi connectivity index (χ0n) is 10.7. The third-order valence-corrected chi connectivity index (χ3v) is 2.85. The van der Waals surface area contributed by atoms with Crippen LogP contribution >= 0.6 is 0 Å². The molecule has 104 valence electrons. The molecule has 0 spiro atoms. The first-order valence-corrected chi connectivity index (χ1v) is 6.09. The highest BCUT2D eigenvalue weighted by atomic mass is 16.3. The highest BCUT2D eigenvalue weighted by molar-refractivity contribution is 6.05. The van der Waals surface area contributed by atoms with E-state index in [4.69, 9.17) is 0 Å². The lowest BCUT2D eigenvalue weighted by Crippen LogP contribution is -2.27. The van der Waals surface area contributed by atoms with Crippen LogP contribution in [0.25, 0.3) is 5.65 Å². The lowest BCUT2D eigenvalue weighted by atomic mass is 10.2. The summed E-state index contributed by atoms with van der Waals surface area (Å²) in [6.07, 6.45) is 2.97. The van der Waals surface area contributed by atoms with E-state index in [1.54, 1.807) is 36.4 Å². The Kier molecular flexibility index (Phi) is 3.07. The lowest BCUT2D eigenvalue weighted by molar-refractivity contribution is 0.102. The van der Waals surface area contributed by atoms with Crippen molar-refractivity contribution in [1.29, 1.82) is 0 Å². The summed E-state index contributed by atoms with van der Waals surface area (Å²) in [6.45, 7) is 0. The summed E-state index contributed by atoms with van der Waals surface area (Å²) in [4.78, 5) is 32.2. The molecule has 3 rings (SSSR count). The molecule has 2 N–H and O–H groups in total. The van der Waals surface area contributed by atoms with Gasteiger partial charge in [0.2, 0.25) is 5.88 Å². The third-order valence-electron chi connectivity index (χ3n) is 2.85. The van der Waals surface area contributed by atoms with Gasteiger partial charge in [-0.05, 0) is 24.3 Å². The number of fused-ring (bicyclic) bond motifs is 1. The van der Waals surface area contributed by atoms with Gasteiger partial charge in [-0.25, -0.2) is 4.98 Å². The van der Waals surface area contributed by atoms with Gasteiger partial charge in [-0.3, -0.25) is 14.0 Å². The lowest BCUT2D eigenvalue weighted by Gasteiger charge is -2.07. The van der Waals surface area contributed by atoms with Crippen molar-refractivity contribution in [3.8, 4) is 5.88 Å². The second-order valence-electron chi connectivity index (χ2n) is 4.21. The van der Waals surface area contributed by atoms with E-state index in [1.165, 1.54) is 16.8 Å². The highest BCUT2D eigenvalue weighted by Crippen LogP contribution is 2.12. The average molecular weight is 282 g/mol. The largest absolute Gasteiger partial charge is 0.493 e. The van der Waals surface area contributed by atoms with Gasteiger partial charge in [0, 0.05) is 12.4 Å². The molecule has 7 nitrogen and oxygen atoms in total. The molecule has 0 atom stereocenters. The maximum absolute atomic E-state index is 12.3. The van der Waals surface area contributed by atoms with Gasteiger partial charge in [0.05, 0.1) is 0 Å². The van der Waals surface area contributed by atoms with E-state index < -0.39 is 22.9 Å². The molecular weight excluding hydrogens is 272 g/mol. The Labute approximate surface area is 118 Å². The molecule has 0 fully saturated rings. The molecule has 0 saturated heterocycles. The number of hydrogen-bond donors (Lipinski definition) is 2. The van der Waals surface area contributed by atoms with Crippen LogP contribution < -0.4 is 10.9 Å². The van der Waals surface area contributed by atoms with Crippen molar-refractivity contribution < 1.29 is 9.90 Å². The van der Waals surface area contributed by atoms with Crippen molar-refractivity contribution in [2.75, 3.05) is 5.32 Å². The summed E-state index contributed by atoms with van der Waals surface area (Å²) in [7, 11) is 0. The van der Waals surface area contributed by atoms with Gasteiger partial charge in [0.25, 0.3) is 11.5 Å². The van der Waals surface area contributed by atoms with Gasteiger partial charge in [-0.2, -0.15) is 4.98 Å². The molecule has 0 unspecified atom stereocenters. The van der Waals surface area contributed by atoms with E-state index in [0.717, 1.165) is 0 Å². The molecule has 0 aliphatic rings. The fraction of sp³-hybridized carbons (Fsp3) is 0. The number of aromatic nitrogens is 3. The number of anilines is 1. The number of carbonyl (C=O) groups excluding carboxylic acids is 1. The first-order valence-electron chi connectivity index (χ1n) is 6.09. The molecule has 0 radical (unpaired) electrons. The highest BCUT2D eigenvalue weighted by Gasteiger charge is 2.19. The van der Waals surface area contributed by atoms with Gasteiger partial charge < -0.3 is 10.4 Å². The van der Waals surface area contributed by atoms with Crippen LogP contribution in [0.4, 0.5) is 5.82 Å². The van der Waals surface area contributed by atoms with Crippen LogP contribution in [0.2, 0.25) is 0 Å². The summed E-state index contributed by atoms with van der Waals surface area (Å²) in [5.74, 6) is -1.10. The molecule has 0 aromatic carbocycles. The fourth-order valence-corrected chi connectivity index (χ4v) is 1.89. The van der Waals surface area contributed by atoms with Gasteiger partial charge in [0.1, 0.15) is 11.5 Å². The number of pyridine rings is 2. The molecule has 21 heavy (non-hydrogen) atoms. The SMILES string of the molecule is O=C(Nc1ccccn1)c1c(O)nc2ccccn2c1=O. The molecule has 0 aliphatic carbocycles. The number of nitrogens with zero attached hydrogens (tertiary/aromatic N) is 3. The molecule has 3 aromatic rings. The predicted octanol–water partition coefficient (Wildman–Crippen LogP) is 1.05. The standard InChI is InChI=1S/C14H10N4O3/c19-12(16-9-5-1-3-7-15-9)11-13(20)17-10-6-2-4-8-18(10)14(11)21/h1-8,20H,(H,15,16,19). The minimum absolute atomic E-state index is 0.259. The van der Waals surface area contributed by atoms with Crippen molar-refractivity contribution in [3.63, 3.8) is 0 Å². The topological polar surface area (TPSA) is 96.6 Å². The van der Waals surface area contributed by atoms with Crippen LogP contribution in [-0.4, -0.2) is 25.4 Å². The van der Waals surface area contributed by atoms with Crippen LogP contribution in [0.15, 0.2) is 53.6 Å². The van der Waals surface area contributed by atoms with Crippen LogP contribution in [0.1, 0.15) is 10.4 Å². The molecular formula is C14H10N4O3. The fourth-order valence-electron chi connectivity index (χ4n) is 1.89. The maximum atomic E-state index is 12.3. The Bertz CT molecular complexity index is 874. The molecule has 0 aliphatic heterocycles. The first-order chi connectivity index (χ1) is 10.2. The predicted molar refractivity (Wildman–Crippen MR) is 75.3 cm³/mol. The zero-order chi connectivity index (χ0) is 14.8. The average Bonchev–Trinajstić information content (AvgIpc) is 2.48. The van der Waals surface area contributed by atoms with Crippen LogP contribution in [0.3, 0.4) is 0 Å². The number of carbonyl (C=O) groups is 1. The number of aromatic hydroxyl groups is 1. The van der Waals surface area contributed by atoms with E-state index in [0.29, 0.717) is 0 Å². The quantitative estimate of drug-likeness (QED) is 0.732. The Morgan fingerprint density at radius 1 is 1.19 bits per heavy atom. The molecule has 3 heterocycles. The van der Waals surface area contributed by atoms with E-state index in [9.17, 15) is 14.7 Å². The van der Waals surface area contributed by atoms with Crippen LogP contribution in [0.5, 0.6) is 5.88 Å². The molecule has 7 heteroatoms.